The molecular weight excluding hydrogens is 224 g/mol. The summed E-state index contributed by atoms with van der Waals surface area (Å²) in [5.74, 6) is 4.02. The Kier molecular flexibility index (Phi) is 3.37. The van der Waals surface area contributed by atoms with Crippen LogP contribution in [0, 0.1) is 17.8 Å². The number of rotatable bonds is 5. The molecule has 0 bridgehead atoms. The molecule has 1 aromatic rings. The van der Waals surface area contributed by atoms with E-state index in [-0.39, 0.29) is 0 Å². The van der Waals surface area contributed by atoms with Gasteiger partial charge in [0, 0.05) is 19.0 Å². The summed E-state index contributed by atoms with van der Waals surface area (Å²) >= 11 is 0. The van der Waals surface area contributed by atoms with Crippen molar-refractivity contribution in [3.05, 3.63) is 12.2 Å². The van der Waals surface area contributed by atoms with E-state index < -0.39 is 0 Å². The van der Waals surface area contributed by atoms with Crippen molar-refractivity contribution in [3.63, 3.8) is 0 Å². The molecule has 1 N–H and O–H groups in total. The van der Waals surface area contributed by atoms with Crippen LogP contribution in [0.2, 0.25) is 0 Å². The molecule has 1 heterocycles. The molecule has 2 aliphatic rings. The van der Waals surface area contributed by atoms with Gasteiger partial charge >= 0.3 is 0 Å². The molecule has 4 heteroatoms. The highest BCUT2D eigenvalue weighted by atomic mass is 15.3. The quantitative estimate of drug-likeness (QED) is 0.865. The fourth-order valence-corrected chi connectivity index (χ4v) is 3.98. The fraction of sp³-hybridized carbons (Fsp3) is 0.857. The summed E-state index contributed by atoms with van der Waals surface area (Å²) in [6, 6.07) is 0.590. The van der Waals surface area contributed by atoms with Crippen molar-refractivity contribution >= 4 is 0 Å². The summed E-state index contributed by atoms with van der Waals surface area (Å²) in [5.41, 5.74) is 0. The normalized spacial score (nSPS) is 32.0. The third kappa shape index (κ3) is 2.07. The van der Waals surface area contributed by atoms with E-state index in [1.165, 1.54) is 25.7 Å². The Morgan fingerprint density at radius 2 is 2.11 bits per heavy atom. The summed E-state index contributed by atoms with van der Waals surface area (Å²) < 4.78 is 2.02. The molecule has 3 atom stereocenters. The minimum atomic E-state index is 0.590. The molecule has 4 nitrogen and oxygen atoms in total. The third-order valence-electron chi connectivity index (χ3n) is 4.96. The summed E-state index contributed by atoms with van der Waals surface area (Å²) in [4.78, 5) is 4.41. The van der Waals surface area contributed by atoms with E-state index in [0.717, 1.165) is 36.5 Å². The topological polar surface area (TPSA) is 42.7 Å². The third-order valence-corrected chi connectivity index (χ3v) is 4.96. The summed E-state index contributed by atoms with van der Waals surface area (Å²) in [6.45, 7) is 3.05. The van der Waals surface area contributed by atoms with Crippen LogP contribution in [0.1, 0.15) is 38.4 Å². The number of likely N-dealkylation sites (N-methyl/N-ethyl adjacent to an activating group) is 1. The van der Waals surface area contributed by atoms with Gasteiger partial charge in [-0.15, -0.1) is 0 Å². The number of aryl methyl sites for hydroxylation is 1. The maximum Gasteiger partial charge on any atom is 0.138 e. The Labute approximate surface area is 109 Å². The van der Waals surface area contributed by atoms with Crippen molar-refractivity contribution < 1.29 is 0 Å². The van der Waals surface area contributed by atoms with Crippen LogP contribution < -0.4 is 5.32 Å². The maximum absolute atomic E-state index is 4.41. The van der Waals surface area contributed by atoms with Crippen molar-refractivity contribution in [1.82, 2.24) is 20.1 Å². The first-order valence-corrected chi connectivity index (χ1v) is 7.39. The number of nitrogens with zero attached hydrogens (tertiary/aromatic N) is 3. The molecule has 1 aromatic heterocycles. The second-order valence-corrected chi connectivity index (χ2v) is 5.78. The monoisotopic (exact) mass is 248 g/mol. The zero-order chi connectivity index (χ0) is 12.5. The molecule has 2 aliphatic carbocycles. The molecular formula is C14H24N4. The highest BCUT2D eigenvalue weighted by molar-refractivity contribution is 5.07. The predicted molar refractivity (Wildman–Crippen MR) is 71.2 cm³/mol. The van der Waals surface area contributed by atoms with Crippen molar-refractivity contribution in [3.8, 4) is 0 Å². The van der Waals surface area contributed by atoms with Crippen molar-refractivity contribution in [2.45, 2.75) is 51.6 Å². The molecule has 2 saturated carbocycles. The Morgan fingerprint density at radius 3 is 2.72 bits per heavy atom. The van der Waals surface area contributed by atoms with Crippen LogP contribution in [0.4, 0.5) is 0 Å². The molecule has 0 aromatic carbocycles. The number of hydrogen-bond acceptors (Lipinski definition) is 3. The lowest BCUT2D eigenvalue weighted by atomic mass is 10.0. The van der Waals surface area contributed by atoms with Crippen LogP contribution >= 0.6 is 0 Å². The van der Waals surface area contributed by atoms with Gasteiger partial charge in [-0.05, 0) is 44.6 Å². The molecule has 0 saturated heterocycles. The van der Waals surface area contributed by atoms with Crippen LogP contribution in [-0.2, 0) is 13.0 Å². The lowest BCUT2D eigenvalue weighted by molar-refractivity contribution is 0.439. The van der Waals surface area contributed by atoms with Gasteiger partial charge in [-0.3, -0.25) is 4.68 Å². The molecule has 18 heavy (non-hydrogen) atoms. The number of hydrogen-bond donors (Lipinski definition) is 1. The summed E-state index contributed by atoms with van der Waals surface area (Å²) in [6.07, 6.45) is 8.51. The molecule has 100 valence electrons. The van der Waals surface area contributed by atoms with Crippen molar-refractivity contribution in [2.75, 3.05) is 7.05 Å². The van der Waals surface area contributed by atoms with E-state index in [2.05, 4.69) is 29.4 Å². The van der Waals surface area contributed by atoms with Gasteiger partial charge in [0.25, 0.3) is 0 Å². The van der Waals surface area contributed by atoms with E-state index in [0.29, 0.717) is 6.04 Å². The molecule has 3 unspecified atom stereocenters. The predicted octanol–water partition coefficient (Wildman–Crippen LogP) is 1.86. The second-order valence-electron chi connectivity index (χ2n) is 5.78. The lowest BCUT2D eigenvalue weighted by Gasteiger charge is -2.16. The van der Waals surface area contributed by atoms with Crippen molar-refractivity contribution in [1.29, 1.82) is 0 Å². The van der Waals surface area contributed by atoms with Crippen molar-refractivity contribution in [2.24, 2.45) is 17.8 Å². The minimum Gasteiger partial charge on any atom is -0.316 e. The van der Waals surface area contributed by atoms with Crippen LogP contribution in [0.3, 0.4) is 0 Å². The highest BCUT2D eigenvalue weighted by Crippen LogP contribution is 2.57. The smallest absolute Gasteiger partial charge is 0.138 e. The average molecular weight is 248 g/mol. The Hall–Kier alpha value is -0.900. The van der Waals surface area contributed by atoms with E-state index in [1.807, 2.05) is 4.68 Å². The molecule has 3 rings (SSSR count). The number of nitrogens with one attached hydrogen (secondary N) is 1. The van der Waals surface area contributed by atoms with Gasteiger partial charge < -0.3 is 5.32 Å². The Morgan fingerprint density at radius 1 is 1.39 bits per heavy atom. The largest absolute Gasteiger partial charge is 0.316 e. The Balaban J connectivity index is 1.67. The van der Waals surface area contributed by atoms with E-state index in [9.17, 15) is 0 Å². The molecule has 0 aliphatic heterocycles. The SMILES string of the molecule is CCn1ncnc1CC(NC)C1C2CCCCC21. The van der Waals surface area contributed by atoms with Gasteiger partial charge in [-0.2, -0.15) is 5.10 Å². The summed E-state index contributed by atoms with van der Waals surface area (Å²) in [7, 11) is 2.10. The van der Waals surface area contributed by atoms with Gasteiger partial charge in [0.2, 0.25) is 0 Å². The van der Waals surface area contributed by atoms with Crippen LogP contribution in [0.5, 0.6) is 0 Å². The first-order chi connectivity index (χ1) is 8.85. The lowest BCUT2D eigenvalue weighted by Crippen LogP contribution is -2.32. The van der Waals surface area contributed by atoms with E-state index in [1.54, 1.807) is 6.33 Å². The van der Waals surface area contributed by atoms with Gasteiger partial charge in [0.1, 0.15) is 12.2 Å². The van der Waals surface area contributed by atoms with Crippen LogP contribution in [0.15, 0.2) is 6.33 Å². The van der Waals surface area contributed by atoms with Crippen LogP contribution in [0.25, 0.3) is 0 Å². The highest BCUT2D eigenvalue weighted by Gasteiger charge is 2.53. The fourth-order valence-electron chi connectivity index (χ4n) is 3.98. The van der Waals surface area contributed by atoms with E-state index in [4.69, 9.17) is 0 Å². The minimum absolute atomic E-state index is 0.590. The van der Waals surface area contributed by atoms with Gasteiger partial charge in [-0.1, -0.05) is 12.8 Å². The van der Waals surface area contributed by atoms with E-state index >= 15 is 0 Å². The molecule has 0 radical (unpaired) electrons. The first kappa shape index (κ1) is 12.2. The number of fused-ring (bicyclic) bond motifs is 1. The molecule has 2 fully saturated rings. The zero-order valence-corrected chi connectivity index (χ0v) is 11.5. The van der Waals surface area contributed by atoms with Crippen LogP contribution in [-0.4, -0.2) is 27.9 Å². The molecule has 0 amide bonds. The average Bonchev–Trinajstić information content (AvgIpc) is 2.96. The van der Waals surface area contributed by atoms with Gasteiger partial charge in [-0.25, -0.2) is 4.98 Å². The first-order valence-electron chi connectivity index (χ1n) is 7.39. The number of aromatic nitrogens is 3. The maximum atomic E-state index is 4.41. The molecule has 0 spiro atoms. The second kappa shape index (κ2) is 5.00. The summed E-state index contributed by atoms with van der Waals surface area (Å²) in [5, 5.41) is 7.80. The zero-order valence-electron chi connectivity index (χ0n) is 11.5. The van der Waals surface area contributed by atoms with Gasteiger partial charge in [0.05, 0.1) is 0 Å². The standard InChI is InChI=1S/C14H24N4/c1-3-18-13(16-9-17-18)8-12(15-2)14-10-6-4-5-7-11(10)14/h9-12,14-15H,3-8H2,1-2H3. The van der Waals surface area contributed by atoms with Gasteiger partial charge in [0.15, 0.2) is 0 Å². The Bertz CT molecular complexity index is 388.